The van der Waals surface area contributed by atoms with Crippen LogP contribution < -0.4 is 5.32 Å². The van der Waals surface area contributed by atoms with Gasteiger partial charge in [0.15, 0.2) is 9.84 Å². The molecular formula is C13H25N3O3S. The summed E-state index contributed by atoms with van der Waals surface area (Å²) in [7, 11) is -2.94. The van der Waals surface area contributed by atoms with Gasteiger partial charge in [-0.1, -0.05) is 0 Å². The van der Waals surface area contributed by atoms with E-state index in [0.29, 0.717) is 19.5 Å². The minimum atomic E-state index is -2.94. The van der Waals surface area contributed by atoms with Crippen LogP contribution in [0.3, 0.4) is 0 Å². The van der Waals surface area contributed by atoms with Crippen LogP contribution in [-0.2, 0) is 14.6 Å². The van der Waals surface area contributed by atoms with Gasteiger partial charge >= 0.3 is 0 Å². The van der Waals surface area contributed by atoms with Gasteiger partial charge in [-0.2, -0.15) is 0 Å². The summed E-state index contributed by atoms with van der Waals surface area (Å²) in [5, 5.41) is 3.31. The lowest BCUT2D eigenvalue weighted by molar-refractivity contribution is -0.134. The summed E-state index contributed by atoms with van der Waals surface area (Å²) < 4.78 is 23.1. The van der Waals surface area contributed by atoms with Crippen molar-refractivity contribution in [2.45, 2.75) is 25.8 Å². The van der Waals surface area contributed by atoms with Gasteiger partial charge < -0.3 is 10.2 Å². The zero-order valence-corrected chi connectivity index (χ0v) is 13.0. The quantitative estimate of drug-likeness (QED) is 0.745. The summed E-state index contributed by atoms with van der Waals surface area (Å²) in [6.45, 7) is 6.65. The maximum absolute atomic E-state index is 12.4. The highest BCUT2D eigenvalue weighted by Gasteiger charge is 2.34. The van der Waals surface area contributed by atoms with Crippen molar-refractivity contribution >= 4 is 15.7 Å². The fraction of sp³-hybridized carbons (Fsp3) is 0.923. The highest BCUT2D eigenvalue weighted by atomic mass is 32.2. The first-order valence-electron chi connectivity index (χ1n) is 7.45. The van der Waals surface area contributed by atoms with Gasteiger partial charge in [-0.15, -0.1) is 0 Å². The Morgan fingerprint density at radius 3 is 2.80 bits per heavy atom. The minimum Gasteiger partial charge on any atom is -0.338 e. The molecule has 2 fully saturated rings. The van der Waals surface area contributed by atoms with Gasteiger partial charge in [-0.3, -0.25) is 9.69 Å². The number of rotatable bonds is 4. The number of nitrogens with one attached hydrogen (secondary N) is 1. The van der Waals surface area contributed by atoms with Crippen molar-refractivity contribution in [1.82, 2.24) is 15.1 Å². The molecular weight excluding hydrogens is 278 g/mol. The molecule has 2 aliphatic rings. The number of amides is 1. The summed E-state index contributed by atoms with van der Waals surface area (Å²) in [4.78, 5) is 16.3. The van der Waals surface area contributed by atoms with Crippen LogP contribution in [0.1, 0.15) is 19.8 Å². The van der Waals surface area contributed by atoms with E-state index in [9.17, 15) is 13.2 Å². The molecule has 0 saturated carbocycles. The highest BCUT2D eigenvalue weighted by molar-refractivity contribution is 7.91. The maximum atomic E-state index is 12.4. The van der Waals surface area contributed by atoms with Crippen LogP contribution in [0.5, 0.6) is 0 Å². The van der Waals surface area contributed by atoms with E-state index in [1.54, 1.807) is 4.90 Å². The average Bonchev–Trinajstić information content (AvgIpc) is 2.61. The lowest BCUT2D eigenvalue weighted by Gasteiger charge is -2.29. The number of nitrogens with zero attached hydrogens (tertiary/aromatic N) is 2. The molecule has 1 amide bonds. The van der Waals surface area contributed by atoms with Gasteiger partial charge in [0, 0.05) is 25.7 Å². The van der Waals surface area contributed by atoms with E-state index in [1.165, 1.54) is 0 Å². The molecule has 0 aromatic heterocycles. The lowest BCUT2D eigenvalue weighted by atomic mass is 10.2. The molecule has 1 atom stereocenters. The SMILES string of the molecule is CCN(C(=O)CN1CCCNCC1)C1CCS(=O)(=O)C1. The molecule has 6 nitrogen and oxygen atoms in total. The zero-order valence-electron chi connectivity index (χ0n) is 12.2. The molecule has 2 aliphatic heterocycles. The van der Waals surface area contributed by atoms with Crippen molar-refractivity contribution in [3.63, 3.8) is 0 Å². The van der Waals surface area contributed by atoms with Crippen LogP contribution >= 0.6 is 0 Å². The maximum Gasteiger partial charge on any atom is 0.237 e. The largest absolute Gasteiger partial charge is 0.338 e. The number of carbonyl (C=O) groups is 1. The van der Waals surface area contributed by atoms with E-state index >= 15 is 0 Å². The van der Waals surface area contributed by atoms with E-state index in [0.717, 1.165) is 32.6 Å². The second-order valence-corrected chi connectivity index (χ2v) is 7.85. The molecule has 2 rings (SSSR count). The van der Waals surface area contributed by atoms with E-state index in [1.807, 2.05) is 6.92 Å². The van der Waals surface area contributed by atoms with Crippen molar-refractivity contribution in [3.05, 3.63) is 0 Å². The molecule has 2 saturated heterocycles. The van der Waals surface area contributed by atoms with Gasteiger partial charge in [0.05, 0.1) is 18.1 Å². The molecule has 0 aromatic rings. The smallest absolute Gasteiger partial charge is 0.237 e. The van der Waals surface area contributed by atoms with E-state index in [-0.39, 0.29) is 23.5 Å². The van der Waals surface area contributed by atoms with Gasteiger partial charge in [0.2, 0.25) is 5.91 Å². The molecule has 2 heterocycles. The first kappa shape index (κ1) is 15.7. The molecule has 1 N–H and O–H groups in total. The fourth-order valence-electron chi connectivity index (χ4n) is 3.00. The summed E-state index contributed by atoms with van der Waals surface area (Å²) >= 11 is 0. The first-order valence-corrected chi connectivity index (χ1v) is 9.27. The third-order valence-corrected chi connectivity index (χ3v) is 5.85. The van der Waals surface area contributed by atoms with E-state index in [4.69, 9.17) is 0 Å². The predicted octanol–water partition coefficient (Wildman–Crippen LogP) is -0.683. The Kier molecular flexibility index (Phi) is 5.40. The number of hydrogen-bond acceptors (Lipinski definition) is 5. The summed E-state index contributed by atoms with van der Waals surface area (Å²) in [6, 6.07) is -0.123. The average molecular weight is 303 g/mol. The number of sulfone groups is 1. The third-order valence-electron chi connectivity index (χ3n) is 4.10. The second-order valence-electron chi connectivity index (χ2n) is 5.62. The first-order chi connectivity index (χ1) is 9.52. The van der Waals surface area contributed by atoms with Crippen LogP contribution in [0, 0.1) is 0 Å². The molecule has 0 aromatic carbocycles. The highest BCUT2D eigenvalue weighted by Crippen LogP contribution is 2.18. The van der Waals surface area contributed by atoms with Gasteiger partial charge in [0.1, 0.15) is 0 Å². The van der Waals surface area contributed by atoms with E-state index < -0.39 is 9.84 Å². The molecule has 0 aliphatic carbocycles. The summed E-state index contributed by atoms with van der Waals surface area (Å²) in [5.74, 6) is 0.417. The number of carbonyl (C=O) groups excluding carboxylic acids is 1. The van der Waals surface area contributed by atoms with Crippen LogP contribution in [0.25, 0.3) is 0 Å². The van der Waals surface area contributed by atoms with Crippen molar-refractivity contribution in [1.29, 1.82) is 0 Å². The topological polar surface area (TPSA) is 69.7 Å². The van der Waals surface area contributed by atoms with Gasteiger partial charge in [-0.05, 0) is 32.9 Å². The number of likely N-dealkylation sites (N-methyl/N-ethyl adjacent to an activating group) is 1. The zero-order chi connectivity index (χ0) is 14.6. The normalized spacial score (nSPS) is 27.1. The van der Waals surface area contributed by atoms with Crippen LogP contribution in [0.15, 0.2) is 0 Å². The second kappa shape index (κ2) is 6.87. The molecule has 0 spiro atoms. The molecule has 0 bridgehead atoms. The van der Waals surface area contributed by atoms with Crippen molar-refractivity contribution < 1.29 is 13.2 Å². The van der Waals surface area contributed by atoms with Gasteiger partial charge in [0.25, 0.3) is 0 Å². The third kappa shape index (κ3) is 4.17. The fourth-order valence-corrected chi connectivity index (χ4v) is 4.73. The van der Waals surface area contributed by atoms with Crippen molar-refractivity contribution in [2.24, 2.45) is 0 Å². The Morgan fingerprint density at radius 2 is 2.15 bits per heavy atom. The Hall–Kier alpha value is -0.660. The number of hydrogen-bond donors (Lipinski definition) is 1. The van der Waals surface area contributed by atoms with Crippen molar-refractivity contribution in [2.75, 3.05) is 50.8 Å². The monoisotopic (exact) mass is 303 g/mol. The lowest BCUT2D eigenvalue weighted by Crippen LogP contribution is -2.46. The molecule has 0 radical (unpaired) electrons. The summed E-state index contributed by atoms with van der Waals surface area (Å²) in [5.41, 5.74) is 0. The Morgan fingerprint density at radius 1 is 1.35 bits per heavy atom. The Bertz CT molecular complexity index is 430. The Labute approximate surface area is 121 Å². The van der Waals surface area contributed by atoms with Gasteiger partial charge in [-0.25, -0.2) is 8.42 Å². The molecule has 116 valence electrons. The molecule has 20 heavy (non-hydrogen) atoms. The Balaban J connectivity index is 1.91. The van der Waals surface area contributed by atoms with Crippen LogP contribution in [0.2, 0.25) is 0 Å². The predicted molar refractivity (Wildman–Crippen MR) is 78.4 cm³/mol. The molecule has 1 unspecified atom stereocenters. The van der Waals surface area contributed by atoms with E-state index in [2.05, 4.69) is 10.2 Å². The van der Waals surface area contributed by atoms with Crippen molar-refractivity contribution in [3.8, 4) is 0 Å². The minimum absolute atomic E-state index is 0.0662. The van der Waals surface area contributed by atoms with Crippen LogP contribution in [0.4, 0.5) is 0 Å². The standard InChI is InChI=1S/C13H25N3O3S/c1-2-16(12-4-9-20(18,19)11-12)13(17)10-15-7-3-5-14-6-8-15/h12,14H,2-11H2,1H3. The van der Waals surface area contributed by atoms with Crippen LogP contribution in [-0.4, -0.2) is 80.9 Å². The molecule has 7 heteroatoms. The summed E-state index contributed by atoms with van der Waals surface area (Å²) in [6.07, 6.45) is 1.64.